The van der Waals surface area contributed by atoms with Gasteiger partial charge in [-0.15, -0.1) is 0 Å². The molecule has 0 radical (unpaired) electrons. The molecule has 1 aromatic carbocycles. The first-order valence-electron chi connectivity index (χ1n) is 6.17. The molecule has 0 aliphatic heterocycles. The van der Waals surface area contributed by atoms with Gasteiger partial charge < -0.3 is 5.32 Å². The van der Waals surface area contributed by atoms with Gasteiger partial charge in [0.05, 0.1) is 6.42 Å². The molecule has 2 rings (SSSR count). The predicted octanol–water partition coefficient (Wildman–Crippen LogP) is 2.41. The van der Waals surface area contributed by atoms with Crippen LogP contribution in [0.15, 0.2) is 30.4 Å². The quantitative estimate of drug-likeness (QED) is 0.789. The zero-order valence-electron chi connectivity index (χ0n) is 10.4. The van der Waals surface area contributed by atoms with E-state index in [0.29, 0.717) is 13.0 Å². The lowest BCUT2D eigenvalue weighted by molar-refractivity contribution is -0.120. The number of hydrogen-bond donors (Lipinski definition) is 1. The zero-order chi connectivity index (χ0) is 12.3. The molecule has 0 bridgehead atoms. The van der Waals surface area contributed by atoms with Crippen LogP contribution in [0, 0.1) is 0 Å². The van der Waals surface area contributed by atoms with E-state index in [-0.39, 0.29) is 5.91 Å². The molecule has 1 aliphatic rings. The minimum absolute atomic E-state index is 0.0750. The van der Waals surface area contributed by atoms with Crippen molar-refractivity contribution in [3.63, 3.8) is 0 Å². The summed E-state index contributed by atoms with van der Waals surface area (Å²) in [6, 6.07) is 6.43. The second-order valence-corrected chi connectivity index (χ2v) is 4.87. The molecule has 0 atom stereocenters. The van der Waals surface area contributed by atoms with Gasteiger partial charge in [0.2, 0.25) is 5.91 Å². The minimum atomic E-state index is 0.0750. The van der Waals surface area contributed by atoms with Crippen molar-refractivity contribution in [2.45, 2.75) is 32.6 Å². The fourth-order valence-corrected chi connectivity index (χ4v) is 2.23. The van der Waals surface area contributed by atoms with Crippen LogP contribution in [0.1, 0.15) is 30.0 Å². The van der Waals surface area contributed by atoms with Crippen LogP contribution in [0.4, 0.5) is 0 Å². The summed E-state index contributed by atoms with van der Waals surface area (Å²) in [5.41, 5.74) is 4.98. The topological polar surface area (TPSA) is 29.1 Å². The van der Waals surface area contributed by atoms with Gasteiger partial charge in [-0.05, 0) is 42.9 Å². The van der Waals surface area contributed by atoms with Gasteiger partial charge >= 0.3 is 0 Å². The van der Waals surface area contributed by atoms with Crippen LogP contribution in [0.25, 0.3) is 0 Å². The van der Waals surface area contributed by atoms with Crippen LogP contribution in [-0.4, -0.2) is 12.5 Å². The Hall–Kier alpha value is -1.57. The zero-order valence-corrected chi connectivity index (χ0v) is 10.4. The third-order valence-corrected chi connectivity index (χ3v) is 3.11. The highest BCUT2D eigenvalue weighted by Gasteiger charge is 2.11. The summed E-state index contributed by atoms with van der Waals surface area (Å²) < 4.78 is 0. The van der Waals surface area contributed by atoms with Gasteiger partial charge in [-0.25, -0.2) is 0 Å². The van der Waals surface area contributed by atoms with Crippen molar-refractivity contribution >= 4 is 5.91 Å². The summed E-state index contributed by atoms with van der Waals surface area (Å²) in [6.07, 6.45) is 4.08. The largest absolute Gasteiger partial charge is 0.352 e. The van der Waals surface area contributed by atoms with Crippen molar-refractivity contribution in [2.75, 3.05) is 6.54 Å². The van der Waals surface area contributed by atoms with Crippen LogP contribution < -0.4 is 5.32 Å². The maximum absolute atomic E-state index is 11.7. The normalized spacial score (nSPS) is 13.2. The number of nitrogens with one attached hydrogen (secondary N) is 1. The first-order valence-corrected chi connectivity index (χ1v) is 6.17. The van der Waals surface area contributed by atoms with Gasteiger partial charge in [0.25, 0.3) is 0 Å². The molecule has 90 valence electrons. The summed E-state index contributed by atoms with van der Waals surface area (Å²) in [5, 5.41) is 2.86. The Kier molecular flexibility index (Phi) is 3.62. The van der Waals surface area contributed by atoms with Gasteiger partial charge in [0.1, 0.15) is 0 Å². The molecule has 0 saturated carbocycles. The maximum Gasteiger partial charge on any atom is 0.224 e. The van der Waals surface area contributed by atoms with E-state index in [1.807, 2.05) is 6.92 Å². The van der Waals surface area contributed by atoms with Crippen molar-refractivity contribution in [1.29, 1.82) is 0 Å². The standard InChI is InChI=1S/C15H19NO/c1-11(2)10-16-15(17)9-12-6-7-13-4-3-5-14(13)8-12/h6-8H,1,3-5,9-10H2,2H3,(H,16,17). The number of carbonyl (C=O) groups is 1. The molecule has 0 aromatic heterocycles. The lowest BCUT2D eigenvalue weighted by Crippen LogP contribution is -2.26. The van der Waals surface area contributed by atoms with Crippen molar-refractivity contribution in [1.82, 2.24) is 5.32 Å². The van der Waals surface area contributed by atoms with Crippen molar-refractivity contribution in [3.05, 3.63) is 47.0 Å². The molecule has 1 aromatic rings. The predicted molar refractivity (Wildman–Crippen MR) is 70.0 cm³/mol. The second kappa shape index (κ2) is 5.17. The Morgan fingerprint density at radius 2 is 2.12 bits per heavy atom. The molecule has 1 amide bonds. The molecular weight excluding hydrogens is 210 g/mol. The van der Waals surface area contributed by atoms with E-state index in [0.717, 1.165) is 17.6 Å². The molecule has 1 aliphatic carbocycles. The van der Waals surface area contributed by atoms with Crippen LogP contribution >= 0.6 is 0 Å². The van der Waals surface area contributed by atoms with Gasteiger partial charge in [0, 0.05) is 6.54 Å². The molecule has 0 saturated heterocycles. The molecule has 0 fully saturated rings. The smallest absolute Gasteiger partial charge is 0.224 e. The van der Waals surface area contributed by atoms with Crippen LogP contribution in [0.5, 0.6) is 0 Å². The number of benzene rings is 1. The summed E-state index contributed by atoms with van der Waals surface area (Å²) in [4.78, 5) is 11.7. The molecule has 0 heterocycles. The summed E-state index contributed by atoms with van der Waals surface area (Å²) in [6.45, 7) is 6.25. The van der Waals surface area contributed by atoms with E-state index >= 15 is 0 Å². The Balaban J connectivity index is 1.95. The van der Waals surface area contributed by atoms with E-state index in [4.69, 9.17) is 0 Å². The molecule has 0 unspecified atom stereocenters. The van der Waals surface area contributed by atoms with E-state index in [2.05, 4.69) is 30.1 Å². The second-order valence-electron chi connectivity index (χ2n) is 4.87. The highest BCUT2D eigenvalue weighted by molar-refractivity contribution is 5.78. The third-order valence-electron chi connectivity index (χ3n) is 3.11. The fraction of sp³-hybridized carbons (Fsp3) is 0.400. The molecule has 2 nitrogen and oxygen atoms in total. The minimum Gasteiger partial charge on any atom is -0.352 e. The van der Waals surface area contributed by atoms with E-state index in [1.54, 1.807) is 0 Å². The third kappa shape index (κ3) is 3.19. The van der Waals surface area contributed by atoms with Crippen molar-refractivity contribution in [3.8, 4) is 0 Å². The molecule has 0 spiro atoms. The summed E-state index contributed by atoms with van der Waals surface area (Å²) >= 11 is 0. The van der Waals surface area contributed by atoms with Gasteiger partial charge in [-0.3, -0.25) is 4.79 Å². The average Bonchev–Trinajstić information content (AvgIpc) is 2.73. The van der Waals surface area contributed by atoms with Crippen molar-refractivity contribution < 1.29 is 4.79 Å². The SMILES string of the molecule is C=C(C)CNC(=O)Cc1ccc2c(c1)CCC2. The van der Waals surface area contributed by atoms with E-state index in [9.17, 15) is 4.79 Å². The number of amides is 1. The first kappa shape index (κ1) is 11.9. The monoisotopic (exact) mass is 229 g/mol. The highest BCUT2D eigenvalue weighted by atomic mass is 16.1. The molecule has 17 heavy (non-hydrogen) atoms. The average molecular weight is 229 g/mol. The van der Waals surface area contributed by atoms with E-state index < -0.39 is 0 Å². The van der Waals surface area contributed by atoms with Crippen LogP contribution in [0.3, 0.4) is 0 Å². The van der Waals surface area contributed by atoms with Gasteiger partial charge in [0.15, 0.2) is 0 Å². The van der Waals surface area contributed by atoms with Gasteiger partial charge in [-0.2, -0.15) is 0 Å². The number of fused-ring (bicyclic) bond motifs is 1. The Morgan fingerprint density at radius 1 is 1.35 bits per heavy atom. The molecule has 1 N–H and O–H groups in total. The number of rotatable bonds is 4. The maximum atomic E-state index is 11.7. The highest BCUT2D eigenvalue weighted by Crippen LogP contribution is 2.22. The van der Waals surface area contributed by atoms with Crippen LogP contribution in [0.2, 0.25) is 0 Å². The molecular formula is C15H19NO. The van der Waals surface area contributed by atoms with Crippen LogP contribution in [-0.2, 0) is 24.1 Å². The summed E-state index contributed by atoms with van der Waals surface area (Å²) in [5.74, 6) is 0.0750. The lowest BCUT2D eigenvalue weighted by atomic mass is 10.0. The number of carbonyl (C=O) groups excluding carboxylic acids is 1. The fourth-order valence-electron chi connectivity index (χ4n) is 2.23. The number of aryl methyl sites for hydroxylation is 2. The number of hydrogen-bond acceptors (Lipinski definition) is 1. The Morgan fingerprint density at radius 3 is 2.88 bits per heavy atom. The van der Waals surface area contributed by atoms with E-state index in [1.165, 1.54) is 24.0 Å². The lowest BCUT2D eigenvalue weighted by Gasteiger charge is -2.06. The first-order chi connectivity index (χ1) is 8.15. The van der Waals surface area contributed by atoms with Crippen molar-refractivity contribution in [2.24, 2.45) is 0 Å². The molecule has 2 heteroatoms. The Bertz CT molecular complexity index is 448. The Labute approximate surface area is 103 Å². The van der Waals surface area contributed by atoms with Gasteiger partial charge in [-0.1, -0.05) is 30.4 Å². The summed E-state index contributed by atoms with van der Waals surface area (Å²) in [7, 11) is 0.